The minimum Gasteiger partial charge on any atom is -0.395 e. The van der Waals surface area contributed by atoms with E-state index in [-0.39, 0.29) is 12.6 Å². The van der Waals surface area contributed by atoms with E-state index in [0.717, 1.165) is 42.8 Å². The zero-order valence-corrected chi connectivity index (χ0v) is 14.5. The van der Waals surface area contributed by atoms with Gasteiger partial charge < -0.3 is 15.8 Å². The van der Waals surface area contributed by atoms with Crippen molar-refractivity contribution >= 4 is 16.9 Å². The molecule has 1 aliphatic rings. The summed E-state index contributed by atoms with van der Waals surface area (Å²) in [6.45, 7) is 2.10. The summed E-state index contributed by atoms with van der Waals surface area (Å²) < 4.78 is 0. The molecule has 26 heavy (non-hydrogen) atoms. The number of carbonyl (C=O) groups excluding carboxylic acids is 1. The second kappa shape index (κ2) is 6.90. The number of nitrogens with one attached hydrogen (secondary N) is 1. The molecule has 0 bridgehead atoms. The lowest BCUT2D eigenvalue weighted by molar-refractivity contribution is 0.100. The Bertz CT molecular complexity index is 933. The number of aliphatic hydroxyl groups is 1. The Balaban J connectivity index is 1.58. The Hall–Kier alpha value is -2.70. The summed E-state index contributed by atoms with van der Waals surface area (Å²) in [5, 5.41) is 9.45. The molecule has 1 aromatic heterocycles. The Morgan fingerprint density at radius 2 is 2.08 bits per heavy atom. The normalized spacial score (nSPS) is 17.8. The zero-order chi connectivity index (χ0) is 18.1. The van der Waals surface area contributed by atoms with Crippen molar-refractivity contribution in [2.75, 3.05) is 13.2 Å². The Labute approximate surface area is 151 Å². The molecule has 1 atom stereocenters. The quantitative estimate of drug-likeness (QED) is 0.658. The molecule has 2 aromatic carbocycles. The van der Waals surface area contributed by atoms with Gasteiger partial charge in [0.2, 0.25) is 0 Å². The maximum absolute atomic E-state index is 11.6. The number of para-hydroxylation sites is 1. The van der Waals surface area contributed by atoms with Gasteiger partial charge in [0.05, 0.1) is 17.7 Å². The predicted octanol–water partition coefficient (Wildman–Crippen LogP) is 2.29. The number of H-pyrrole nitrogens is 1. The molecule has 6 nitrogen and oxygen atoms in total. The first-order chi connectivity index (χ1) is 12.7. The number of fused-ring (bicyclic) bond motifs is 1. The fourth-order valence-corrected chi connectivity index (χ4v) is 3.68. The van der Waals surface area contributed by atoms with Gasteiger partial charge in [-0.1, -0.05) is 30.3 Å². The van der Waals surface area contributed by atoms with E-state index in [4.69, 9.17) is 5.73 Å². The van der Waals surface area contributed by atoms with E-state index in [9.17, 15) is 9.90 Å². The van der Waals surface area contributed by atoms with Crippen LogP contribution in [-0.4, -0.2) is 45.1 Å². The summed E-state index contributed by atoms with van der Waals surface area (Å²) in [7, 11) is 0. The fraction of sp³-hybridized carbons (Fsp3) is 0.300. The number of primary amides is 1. The molecule has 0 aliphatic carbocycles. The number of aromatic nitrogens is 2. The van der Waals surface area contributed by atoms with Gasteiger partial charge in [0.1, 0.15) is 11.3 Å². The van der Waals surface area contributed by atoms with Crippen LogP contribution in [0.4, 0.5) is 0 Å². The topological polar surface area (TPSA) is 95.2 Å². The van der Waals surface area contributed by atoms with Gasteiger partial charge in [-0.3, -0.25) is 9.69 Å². The average molecular weight is 350 g/mol. The van der Waals surface area contributed by atoms with Crippen LogP contribution in [0.2, 0.25) is 0 Å². The van der Waals surface area contributed by atoms with Crippen LogP contribution >= 0.6 is 0 Å². The maximum Gasteiger partial charge on any atom is 0.250 e. The molecule has 134 valence electrons. The van der Waals surface area contributed by atoms with Crippen molar-refractivity contribution in [1.29, 1.82) is 0 Å². The molecule has 4 rings (SSSR count). The van der Waals surface area contributed by atoms with Crippen LogP contribution in [0.1, 0.15) is 28.8 Å². The highest BCUT2D eigenvalue weighted by Gasteiger charge is 2.23. The third-order valence-corrected chi connectivity index (χ3v) is 5.10. The number of aromatic amines is 1. The number of amides is 1. The number of likely N-dealkylation sites (tertiary alicyclic amines) is 1. The highest BCUT2D eigenvalue weighted by atomic mass is 16.3. The lowest BCUT2D eigenvalue weighted by Crippen LogP contribution is -2.31. The van der Waals surface area contributed by atoms with Gasteiger partial charge in [0.25, 0.3) is 5.91 Å². The molecule has 0 saturated carbocycles. The molecule has 1 aliphatic heterocycles. The largest absolute Gasteiger partial charge is 0.395 e. The van der Waals surface area contributed by atoms with Gasteiger partial charge in [-0.05, 0) is 37.1 Å². The molecule has 6 heteroatoms. The lowest BCUT2D eigenvalue weighted by Gasteiger charge is -2.22. The van der Waals surface area contributed by atoms with Crippen molar-refractivity contribution in [2.45, 2.75) is 25.4 Å². The lowest BCUT2D eigenvalue weighted by atomic mass is 10.1. The highest BCUT2D eigenvalue weighted by Crippen LogP contribution is 2.24. The first-order valence-corrected chi connectivity index (χ1v) is 8.88. The van der Waals surface area contributed by atoms with Crippen molar-refractivity contribution in [3.63, 3.8) is 0 Å². The van der Waals surface area contributed by atoms with Crippen LogP contribution in [0.25, 0.3) is 22.4 Å². The van der Waals surface area contributed by atoms with E-state index in [1.165, 1.54) is 5.56 Å². The second-order valence-electron chi connectivity index (χ2n) is 6.80. The Kier molecular flexibility index (Phi) is 4.44. The van der Waals surface area contributed by atoms with Crippen molar-refractivity contribution in [2.24, 2.45) is 5.73 Å². The summed E-state index contributed by atoms with van der Waals surface area (Å²) in [6, 6.07) is 13.9. The van der Waals surface area contributed by atoms with Gasteiger partial charge in [-0.25, -0.2) is 4.98 Å². The number of hydrogen-bond acceptors (Lipinski definition) is 4. The van der Waals surface area contributed by atoms with Crippen LogP contribution in [0, 0.1) is 0 Å². The molecule has 0 radical (unpaired) electrons. The first kappa shape index (κ1) is 16.8. The van der Waals surface area contributed by atoms with Gasteiger partial charge in [-0.15, -0.1) is 0 Å². The molecule has 3 aromatic rings. The van der Waals surface area contributed by atoms with E-state index < -0.39 is 5.91 Å². The number of carbonyl (C=O) groups is 1. The Morgan fingerprint density at radius 1 is 1.27 bits per heavy atom. The molecule has 0 unspecified atom stereocenters. The molecular formula is C20H22N4O2. The smallest absolute Gasteiger partial charge is 0.250 e. The van der Waals surface area contributed by atoms with E-state index in [1.54, 1.807) is 12.1 Å². The van der Waals surface area contributed by atoms with E-state index in [0.29, 0.717) is 11.1 Å². The van der Waals surface area contributed by atoms with E-state index in [2.05, 4.69) is 27.0 Å². The van der Waals surface area contributed by atoms with Gasteiger partial charge >= 0.3 is 0 Å². The average Bonchev–Trinajstić information content (AvgIpc) is 3.28. The van der Waals surface area contributed by atoms with Crippen molar-refractivity contribution in [3.8, 4) is 11.4 Å². The predicted molar refractivity (Wildman–Crippen MR) is 101 cm³/mol. The summed E-state index contributed by atoms with van der Waals surface area (Å²) in [5.74, 6) is 0.239. The first-order valence-electron chi connectivity index (χ1n) is 8.88. The summed E-state index contributed by atoms with van der Waals surface area (Å²) in [6.07, 6.45) is 2.21. The number of imidazole rings is 1. The van der Waals surface area contributed by atoms with E-state index in [1.807, 2.05) is 18.2 Å². The molecule has 2 heterocycles. The number of hydrogen-bond donors (Lipinski definition) is 3. The monoisotopic (exact) mass is 350 g/mol. The summed E-state index contributed by atoms with van der Waals surface area (Å²) in [4.78, 5) is 21.7. The molecular weight excluding hydrogens is 328 g/mol. The SMILES string of the molecule is NC(=O)c1cccc2[nH]c(-c3ccc(CN4CCC[C@@H]4CO)cc3)nc12. The molecule has 0 spiro atoms. The molecule has 1 saturated heterocycles. The molecule has 1 amide bonds. The van der Waals surface area contributed by atoms with Crippen LogP contribution < -0.4 is 5.73 Å². The van der Waals surface area contributed by atoms with Crippen LogP contribution in [0.5, 0.6) is 0 Å². The minimum atomic E-state index is -0.479. The van der Waals surface area contributed by atoms with Crippen molar-refractivity contribution in [1.82, 2.24) is 14.9 Å². The van der Waals surface area contributed by atoms with Crippen molar-refractivity contribution < 1.29 is 9.90 Å². The van der Waals surface area contributed by atoms with Crippen LogP contribution in [-0.2, 0) is 6.54 Å². The fourth-order valence-electron chi connectivity index (χ4n) is 3.68. The van der Waals surface area contributed by atoms with Gasteiger partial charge in [-0.2, -0.15) is 0 Å². The van der Waals surface area contributed by atoms with E-state index >= 15 is 0 Å². The third-order valence-electron chi connectivity index (χ3n) is 5.10. The standard InChI is InChI=1S/C20H22N4O2/c21-19(26)16-4-1-5-17-18(16)23-20(22-17)14-8-6-13(7-9-14)11-24-10-2-3-15(24)12-25/h1,4-9,15,25H,2-3,10-12H2,(H2,21,26)(H,22,23)/t15-/m1/s1. The van der Waals surface area contributed by atoms with Gasteiger partial charge in [0.15, 0.2) is 0 Å². The number of aliphatic hydroxyl groups excluding tert-OH is 1. The zero-order valence-electron chi connectivity index (χ0n) is 14.5. The van der Waals surface area contributed by atoms with Crippen molar-refractivity contribution in [3.05, 3.63) is 53.6 Å². The summed E-state index contributed by atoms with van der Waals surface area (Å²) in [5.41, 5.74) is 9.42. The minimum absolute atomic E-state index is 0.221. The number of nitrogens with zero attached hydrogens (tertiary/aromatic N) is 2. The maximum atomic E-state index is 11.6. The highest BCUT2D eigenvalue weighted by molar-refractivity contribution is 6.04. The Morgan fingerprint density at radius 3 is 2.81 bits per heavy atom. The number of nitrogens with two attached hydrogens (primary N) is 1. The van der Waals surface area contributed by atoms with Gasteiger partial charge in [0, 0.05) is 18.2 Å². The molecule has 1 fully saturated rings. The third kappa shape index (κ3) is 3.09. The second-order valence-corrected chi connectivity index (χ2v) is 6.80. The number of benzene rings is 2. The van der Waals surface area contributed by atoms with Crippen LogP contribution in [0.3, 0.4) is 0 Å². The molecule has 4 N–H and O–H groups in total. The van der Waals surface area contributed by atoms with Crippen LogP contribution in [0.15, 0.2) is 42.5 Å². The summed E-state index contributed by atoms with van der Waals surface area (Å²) >= 11 is 0. The number of rotatable bonds is 5.